The lowest BCUT2D eigenvalue weighted by Crippen LogP contribution is -2.30. The van der Waals surface area contributed by atoms with Crippen LogP contribution in [-0.2, 0) is 9.59 Å². The first-order chi connectivity index (χ1) is 8.09. The predicted molar refractivity (Wildman–Crippen MR) is 70.6 cm³/mol. The van der Waals surface area contributed by atoms with Gasteiger partial charge in [0.25, 0.3) is 0 Å². The van der Waals surface area contributed by atoms with Crippen LogP contribution in [0.4, 0.5) is 0 Å². The number of amides is 2. The average Bonchev–Trinajstić information content (AvgIpc) is 2.31. The molecule has 0 bridgehead atoms. The number of carbonyl (C=O) groups excluding carboxylic acids is 2. The standard InChI is InChI=1S/C14H25NO2/c1-4-5-6-7-8-9-10-11-12-14(17)15(3)13(2)16/h4H,1,5-12H2,2-3H3. The topological polar surface area (TPSA) is 37.4 Å². The number of unbranched alkanes of at least 4 members (excludes halogenated alkanes) is 6. The van der Waals surface area contributed by atoms with E-state index in [1.165, 1.54) is 37.5 Å². The Morgan fingerprint density at radius 3 is 2.12 bits per heavy atom. The number of hydrogen-bond donors (Lipinski definition) is 0. The monoisotopic (exact) mass is 239 g/mol. The maximum atomic E-state index is 11.5. The summed E-state index contributed by atoms with van der Waals surface area (Å²) in [5, 5.41) is 0. The van der Waals surface area contributed by atoms with Crippen LogP contribution >= 0.6 is 0 Å². The molecule has 0 aliphatic carbocycles. The second-order valence-corrected chi connectivity index (χ2v) is 4.42. The first kappa shape index (κ1) is 15.9. The second-order valence-electron chi connectivity index (χ2n) is 4.42. The van der Waals surface area contributed by atoms with Crippen LogP contribution in [-0.4, -0.2) is 23.8 Å². The van der Waals surface area contributed by atoms with Crippen molar-refractivity contribution in [3.8, 4) is 0 Å². The van der Waals surface area contributed by atoms with Gasteiger partial charge in [-0.2, -0.15) is 0 Å². The van der Waals surface area contributed by atoms with Gasteiger partial charge in [0.2, 0.25) is 11.8 Å². The Morgan fingerprint density at radius 2 is 1.59 bits per heavy atom. The third-order valence-corrected chi connectivity index (χ3v) is 2.90. The number of imide groups is 1. The number of rotatable bonds is 9. The number of allylic oxidation sites excluding steroid dienone is 1. The summed E-state index contributed by atoms with van der Waals surface area (Å²) in [6, 6.07) is 0. The van der Waals surface area contributed by atoms with Crippen molar-refractivity contribution in [3.05, 3.63) is 12.7 Å². The normalized spacial score (nSPS) is 10.0. The van der Waals surface area contributed by atoms with Crippen LogP contribution in [0.3, 0.4) is 0 Å². The van der Waals surface area contributed by atoms with Gasteiger partial charge in [-0.15, -0.1) is 6.58 Å². The van der Waals surface area contributed by atoms with Crippen LogP contribution in [0.15, 0.2) is 12.7 Å². The van der Waals surface area contributed by atoms with Crippen LogP contribution in [0.25, 0.3) is 0 Å². The van der Waals surface area contributed by atoms with E-state index in [-0.39, 0.29) is 11.8 Å². The van der Waals surface area contributed by atoms with Gasteiger partial charge in [-0.05, 0) is 19.3 Å². The van der Waals surface area contributed by atoms with E-state index in [0.29, 0.717) is 6.42 Å². The zero-order valence-electron chi connectivity index (χ0n) is 11.2. The van der Waals surface area contributed by atoms with Gasteiger partial charge in [-0.25, -0.2) is 0 Å². The van der Waals surface area contributed by atoms with Gasteiger partial charge >= 0.3 is 0 Å². The zero-order valence-corrected chi connectivity index (χ0v) is 11.2. The molecule has 0 fully saturated rings. The largest absolute Gasteiger partial charge is 0.286 e. The van der Waals surface area contributed by atoms with E-state index in [2.05, 4.69) is 6.58 Å². The molecule has 3 heteroatoms. The average molecular weight is 239 g/mol. The Morgan fingerprint density at radius 1 is 1.06 bits per heavy atom. The summed E-state index contributed by atoms with van der Waals surface area (Å²) in [7, 11) is 1.54. The van der Waals surface area contributed by atoms with Crippen LogP contribution in [0.1, 0.15) is 58.3 Å². The summed E-state index contributed by atoms with van der Waals surface area (Å²) in [6.45, 7) is 5.10. The fourth-order valence-electron chi connectivity index (χ4n) is 1.62. The van der Waals surface area contributed by atoms with Crippen LogP contribution in [0.2, 0.25) is 0 Å². The van der Waals surface area contributed by atoms with Crippen molar-refractivity contribution in [1.82, 2.24) is 4.90 Å². The fourth-order valence-corrected chi connectivity index (χ4v) is 1.62. The molecule has 0 heterocycles. The Labute approximate surface area is 105 Å². The molecular formula is C14H25NO2. The summed E-state index contributed by atoms with van der Waals surface area (Å²) in [4.78, 5) is 23.6. The van der Waals surface area contributed by atoms with Gasteiger partial charge in [0, 0.05) is 20.4 Å². The molecule has 2 amide bonds. The van der Waals surface area contributed by atoms with E-state index >= 15 is 0 Å². The second kappa shape index (κ2) is 10.1. The molecule has 0 saturated carbocycles. The van der Waals surface area contributed by atoms with Crippen molar-refractivity contribution in [2.75, 3.05) is 7.05 Å². The fraction of sp³-hybridized carbons (Fsp3) is 0.714. The molecule has 0 aromatic carbocycles. The lowest BCUT2D eigenvalue weighted by atomic mass is 10.1. The molecule has 0 radical (unpaired) electrons. The van der Waals surface area contributed by atoms with E-state index in [9.17, 15) is 9.59 Å². The molecular weight excluding hydrogens is 214 g/mol. The molecule has 3 nitrogen and oxygen atoms in total. The van der Waals surface area contributed by atoms with Crippen molar-refractivity contribution in [3.63, 3.8) is 0 Å². The van der Waals surface area contributed by atoms with Gasteiger partial charge in [-0.1, -0.05) is 31.8 Å². The molecule has 0 rings (SSSR count). The molecule has 0 spiro atoms. The van der Waals surface area contributed by atoms with E-state index in [1.807, 2.05) is 6.08 Å². The number of carbonyl (C=O) groups is 2. The van der Waals surface area contributed by atoms with Crippen LogP contribution in [0, 0.1) is 0 Å². The maximum Gasteiger partial charge on any atom is 0.228 e. The Bertz CT molecular complexity index is 249. The molecule has 17 heavy (non-hydrogen) atoms. The van der Waals surface area contributed by atoms with Crippen molar-refractivity contribution in [2.45, 2.75) is 58.3 Å². The molecule has 0 aromatic rings. The molecule has 0 N–H and O–H groups in total. The van der Waals surface area contributed by atoms with E-state index in [1.54, 1.807) is 7.05 Å². The van der Waals surface area contributed by atoms with Gasteiger partial charge in [-0.3, -0.25) is 14.5 Å². The van der Waals surface area contributed by atoms with E-state index in [0.717, 1.165) is 19.3 Å². The van der Waals surface area contributed by atoms with Crippen molar-refractivity contribution in [1.29, 1.82) is 0 Å². The predicted octanol–water partition coefficient (Wildman–Crippen LogP) is 3.30. The SMILES string of the molecule is C=CCCCCCCCCC(=O)N(C)C(C)=O. The van der Waals surface area contributed by atoms with Crippen LogP contribution < -0.4 is 0 Å². The van der Waals surface area contributed by atoms with Gasteiger partial charge in [0.15, 0.2) is 0 Å². The summed E-state index contributed by atoms with van der Waals surface area (Å²) < 4.78 is 0. The highest BCUT2D eigenvalue weighted by atomic mass is 16.2. The number of hydrogen-bond acceptors (Lipinski definition) is 2. The Hall–Kier alpha value is -1.12. The van der Waals surface area contributed by atoms with Gasteiger partial charge < -0.3 is 0 Å². The quantitative estimate of drug-likeness (QED) is 0.457. The molecule has 0 aliphatic rings. The van der Waals surface area contributed by atoms with E-state index in [4.69, 9.17) is 0 Å². The Kier molecular flexibility index (Phi) is 9.40. The molecule has 0 unspecified atom stereocenters. The van der Waals surface area contributed by atoms with Crippen molar-refractivity contribution >= 4 is 11.8 Å². The minimum Gasteiger partial charge on any atom is -0.286 e. The first-order valence-corrected chi connectivity index (χ1v) is 6.47. The highest BCUT2D eigenvalue weighted by molar-refractivity contribution is 5.93. The summed E-state index contributed by atoms with van der Waals surface area (Å²) in [6.07, 6.45) is 10.4. The maximum absolute atomic E-state index is 11.5. The third-order valence-electron chi connectivity index (χ3n) is 2.90. The lowest BCUT2D eigenvalue weighted by Gasteiger charge is -2.12. The molecule has 98 valence electrons. The number of nitrogens with zero attached hydrogens (tertiary/aromatic N) is 1. The minimum absolute atomic E-state index is 0.0656. The van der Waals surface area contributed by atoms with Crippen molar-refractivity contribution < 1.29 is 9.59 Å². The summed E-state index contributed by atoms with van der Waals surface area (Å²) >= 11 is 0. The van der Waals surface area contributed by atoms with Crippen molar-refractivity contribution in [2.24, 2.45) is 0 Å². The summed E-state index contributed by atoms with van der Waals surface area (Å²) in [5.74, 6) is -0.247. The van der Waals surface area contributed by atoms with Gasteiger partial charge in [0.1, 0.15) is 0 Å². The first-order valence-electron chi connectivity index (χ1n) is 6.47. The Balaban J connectivity index is 3.36. The summed E-state index contributed by atoms with van der Waals surface area (Å²) in [5.41, 5.74) is 0. The third kappa shape index (κ3) is 8.66. The molecule has 0 aliphatic heterocycles. The molecule has 0 atom stereocenters. The highest BCUT2D eigenvalue weighted by Gasteiger charge is 2.11. The lowest BCUT2D eigenvalue weighted by molar-refractivity contribution is -0.141. The smallest absolute Gasteiger partial charge is 0.228 e. The van der Waals surface area contributed by atoms with E-state index < -0.39 is 0 Å². The van der Waals surface area contributed by atoms with Crippen LogP contribution in [0.5, 0.6) is 0 Å². The molecule has 0 aromatic heterocycles. The zero-order chi connectivity index (χ0) is 13.1. The molecule has 0 saturated heterocycles. The van der Waals surface area contributed by atoms with Gasteiger partial charge in [0.05, 0.1) is 0 Å². The minimum atomic E-state index is -0.181. The highest BCUT2D eigenvalue weighted by Crippen LogP contribution is 2.09.